The lowest BCUT2D eigenvalue weighted by atomic mass is 9.83. The smallest absolute Gasteiger partial charge is 0.128 e. The molecule has 1 aliphatic carbocycles. The molecule has 1 aliphatic rings. The van der Waals surface area contributed by atoms with E-state index in [1.54, 1.807) is 0 Å². The lowest BCUT2D eigenvalue weighted by Crippen LogP contribution is -2.31. The number of aromatic nitrogens is 1. The van der Waals surface area contributed by atoms with Gasteiger partial charge in [-0.25, -0.2) is 4.98 Å². The minimum absolute atomic E-state index is 0.635. The highest BCUT2D eigenvalue weighted by molar-refractivity contribution is 5.48. The Bertz CT molecular complexity index is 359. The molecule has 1 aromatic rings. The van der Waals surface area contributed by atoms with Crippen LogP contribution in [0.3, 0.4) is 0 Å². The topological polar surface area (TPSA) is 28.2 Å². The van der Waals surface area contributed by atoms with Gasteiger partial charge >= 0.3 is 0 Å². The van der Waals surface area contributed by atoms with Gasteiger partial charge in [0, 0.05) is 20.1 Å². The van der Waals surface area contributed by atoms with Gasteiger partial charge in [0.1, 0.15) is 5.82 Å². The van der Waals surface area contributed by atoms with Crippen LogP contribution in [0.2, 0.25) is 0 Å². The molecule has 1 heterocycles. The Morgan fingerprint density at radius 1 is 1.28 bits per heavy atom. The molecule has 2 rings (SSSR count). The lowest BCUT2D eigenvalue weighted by molar-refractivity contribution is 0.317. The fraction of sp³-hybridized carbons (Fsp3) is 0.667. The maximum Gasteiger partial charge on any atom is 0.128 e. The normalized spacial score (nSPS) is 23.7. The summed E-state index contributed by atoms with van der Waals surface area (Å²) in [6, 6.07) is 4.85. The molecule has 1 aromatic heterocycles. The molecule has 1 fully saturated rings. The molecular formula is C15H25N3. The van der Waals surface area contributed by atoms with Gasteiger partial charge < -0.3 is 10.2 Å². The van der Waals surface area contributed by atoms with Crippen molar-refractivity contribution in [3.63, 3.8) is 0 Å². The molecule has 1 saturated carbocycles. The van der Waals surface area contributed by atoms with Gasteiger partial charge in [0.15, 0.2) is 0 Å². The summed E-state index contributed by atoms with van der Waals surface area (Å²) in [5, 5.41) is 3.67. The molecule has 2 unspecified atom stereocenters. The summed E-state index contributed by atoms with van der Waals surface area (Å²) in [7, 11) is 4.04. The van der Waals surface area contributed by atoms with Crippen molar-refractivity contribution in [3.8, 4) is 0 Å². The van der Waals surface area contributed by atoms with Gasteiger partial charge in [-0.2, -0.15) is 0 Å². The third kappa shape index (κ3) is 3.15. The van der Waals surface area contributed by atoms with Crippen LogP contribution in [-0.2, 0) is 0 Å². The second-order valence-corrected chi connectivity index (χ2v) is 5.50. The third-order valence-corrected chi connectivity index (χ3v) is 3.99. The molecule has 0 saturated heterocycles. The molecule has 18 heavy (non-hydrogen) atoms. The maximum atomic E-state index is 4.46. The number of rotatable bonds is 4. The van der Waals surface area contributed by atoms with E-state index in [4.69, 9.17) is 0 Å². The zero-order chi connectivity index (χ0) is 13.0. The van der Waals surface area contributed by atoms with E-state index in [1.807, 2.05) is 25.2 Å². The molecule has 3 nitrogen and oxygen atoms in total. The van der Waals surface area contributed by atoms with Crippen molar-refractivity contribution < 1.29 is 0 Å². The molecule has 0 aromatic carbocycles. The van der Waals surface area contributed by atoms with Gasteiger partial charge in [-0.05, 0) is 30.9 Å². The zero-order valence-electron chi connectivity index (χ0n) is 11.8. The molecule has 2 atom stereocenters. The van der Waals surface area contributed by atoms with Gasteiger partial charge in [0.25, 0.3) is 0 Å². The quantitative estimate of drug-likeness (QED) is 0.882. The SMILES string of the molecule is CCC1CCCCC1Nc1ccc(N(C)C)nc1. The summed E-state index contributed by atoms with van der Waals surface area (Å²) in [6.07, 6.45) is 8.66. The second-order valence-electron chi connectivity index (χ2n) is 5.50. The number of nitrogens with one attached hydrogen (secondary N) is 1. The predicted molar refractivity (Wildman–Crippen MR) is 78.2 cm³/mol. The molecule has 0 radical (unpaired) electrons. The van der Waals surface area contributed by atoms with E-state index in [2.05, 4.69) is 29.4 Å². The van der Waals surface area contributed by atoms with Crippen LogP contribution in [-0.4, -0.2) is 25.1 Å². The molecular weight excluding hydrogens is 222 g/mol. The van der Waals surface area contributed by atoms with Crippen molar-refractivity contribution in [2.45, 2.75) is 45.1 Å². The Morgan fingerprint density at radius 2 is 2.06 bits per heavy atom. The van der Waals surface area contributed by atoms with Crippen LogP contribution < -0.4 is 10.2 Å². The van der Waals surface area contributed by atoms with Crippen molar-refractivity contribution in [1.29, 1.82) is 0 Å². The first-order chi connectivity index (χ1) is 8.70. The van der Waals surface area contributed by atoms with E-state index in [-0.39, 0.29) is 0 Å². The largest absolute Gasteiger partial charge is 0.381 e. The molecule has 0 bridgehead atoms. The van der Waals surface area contributed by atoms with Crippen LogP contribution in [0.15, 0.2) is 18.3 Å². The summed E-state index contributed by atoms with van der Waals surface area (Å²) in [5.74, 6) is 1.84. The first-order valence-corrected chi connectivity index (χ1v) is 7.10. The highest BCUT2D eigenvalue weighted by Gasteiger charge is 2.23. The maximum absolute atomic E-state index is 4.46. The van der Waals surface area contributed by atoms with Gasteiger partial charge in [-0.15, -0.1) is 0 Å². The summed E-state index contributed by atoms with van der Waals surface area (Å²) in [6.45, 7) is 2.30. The standard InChI is InChI=1S/C15H25N3/c1-4-12-7-5-6-8-14(12)17-13-9-10-15(16-11-13)18(2)3/h9-12,14,17H,4-8H2,1-3H3. The monoisotopic (exact) mass is 247 g/mol. The Hall–Kier alpha value is -1.25. The number of hydrogen-bond donors (Lipinski definition) is 1. The molecule has 100 valence electrons. The summed E-state index contributed by atoms with van der Waals surface area (Å²) < 4.78 is 0. The molecule has 0 spiro atoms. The van der Waals surface area contributed by atoms with E-state index in [9.17, 15) is 0 Å². The van der Waals surface area contributed by atoms with Crippen molar-refractivity contribution in [2.75, 3.05) is 24.3 Å². The minimum Gasteiger partial charge on any atom is -0.381 e. The van der Waals surface area contributed by atoms with Crippen LogP contribution in [0.1, 0.15) is 39.0 Å². The van der Waals surface area contributed by atoms with Gasteiger partial charge in [0.05, 0.1) is 11.9 Å². The lowest BCUT2D eigenvalue weighted by Gasteiger charge is -2.32. The van der Waals surface area contributed by atoms with Gasteiger partial charge in [-0.1, -0.05) is 26.2 Å². The molecule has 0 amide bonds. The molecule has 0 aliphatic heterocycles. The van der Waals surface area contributed by atoms with Crippen LogP contribution in [0, 0.1) is 5.92 Å². The summed E-state index contributed by atoms with van der Waals surface area (Å²) in [5.41, 5.74) is 1.16. The Morgan fingerprint density at radius 3 is 2.67 bits per heavy atom. The highest BCUT2D eigenvalue weighted by atomic mass is 15.1. The molecule has 3 heteroatoms. The summed E-state index contributed by atoms with van der Waals surface area (Å²) in [4.78, 5) is 6.49. The average molecular weight is 247 g/mol. The van der Waals surface area contributed by atoms with Crippen LogP contribution in [0.25, 0.3) is 0 Å². The van der Waals surface area contributed by atoms with Crippen LogP contribution >= 0.6 is 0 Å². The van der Waals surface area contributed by atoms with E-state index in [0.717, 1.165) is 17.4 Å². The fourth-order valence-corrected chi connectivity index (χ4v) is 2.84. The zero-order valence-corrected chi connectivity index (χ0v) is 11.8. The minimum atomic E-state index is 0.635. The first-order valence-electron chi connectivity index (χ1n) is 7.10. The first kappa shape index (κ1) is 13.2. The second kappa shape index (κ2) is 6.07. The van der Waals surface area contributed by atoms with Gasteiger partial charge in [0.2, 0.25) is 0 Å². The Kier molecular flexibility index (Phi) is 4.45. The average Bonchev–Trinajstić information content (AvgIpc) is 2.40. The van der Waals surface area contributed by atoms with E-state index in [1.165, 1.54) is 32.1 Å². The fourth-order valence-electron chi connectivity index (χ4n) is 2.84. The number of pyridine rings is 1. The third-order valence-electron chi connectivity index (χ3n) is 3.99. The van der Waals surface area contributed by atoms with Crippen LogP contribution in [0.4, 0.5) is 11.5 Å². The number of anilines is 2. The van der Waals surface area contributed by atoms with Gasteiger partial charge in [-0.3, -0.25) is 0 Å². The van der Waals surface area contributed by atoms with Crippen molar-refractivity contribution in [3.05, 3.63) is 18.3 Å². The Balaban J connectivity index is 1.99. The van der Waals surface area contributed by atoms with E-state index < -0.39 is 0 Å². The number of nitrogens with zero attached hydrogens (tertiary/aromatic N) is 2. The predicted octanol–water partition coefficient (Wildman–Crippen LogP) is 3.53. The van der Waals surface area contributed by atoms with Crippen molar-refractivity contribution >= 4 is 11.5 Å². The van der Waals surface area contributed by atoms with E-state index in [0.29, 0.717) is 6.04 Å². The van der Waals surface area contributed by atoms with Crippen molar-refractivity contribution in [1.82, 2.24) is 4.98 Å². The highest BCUT2D eigenvalue weighted by Crippen LogP contribution is 2.29. The number of hydrogen-bond acceptors (Lipinski definition) is 3. The van der Waals surface area contributed by atoms with E-state index >= 15 is 0 Å². The molecule has 1 N–H and O–H groups in total. The Labute approximate surface area is 111 Å². The van der Waals surface area contributed by atoms with Crippen molar-refractivity contribution in [2.24, 2.45) is 5.92 Å². The van der Waals surface area contributed by atoms with Crippen LogP contribution in [0.5, 0.6) is 0 Å². The summed E-state index contributed by atoms with van der Waals surface area (Å²) >= 11 is 0.